The van der Waals surface area contributed by atoms with Crippen molar-refractivity contribution in [2.24, 2.45) is 0 Å². The van der Waals surface area contributed by atoms with Crippen LogP contribution in [0.1, 0.15) is 0 Å². The van der Waals surface area contributed by atoms with Crippen molar-refractivity contribution in [1.82, 2.24) is 4.98 Å². The van der Waals surface area contributed by atoms with E-state index >= 15 is 0 Å². The van der Waals surface area contributed by atoms with Crippen LogP contribution in [0.2, 0.25) is 0 Å². The van der Waals surface area contributed by atoms with E-state index in [0.717, 1.165) is 70.9 Å². The Kier molecular flexibility index (Phi) is 8.01. The van der Waals surface area contributed by atoms with Crippen LogP contribution in [0, 0.1) is 0 Å². The first-order chi connectivity index (χ1) is 28.2. The molecule has 0 spiro atoms. The standard InChI is InChI=1S/C53H34N2OS/c1-4-14-35(15-5-1)39-22-12-23-40(32-39)55(41-26-28-45(47(33-41)37-16-6-2-7-17-37)44-25-13-21-36-18-10-11-24-43(36)44)42-27-29-46-50(34-42)56-49-31-30-48-52(51(46)49)57-53(54-48)38-19-8-3-9-20-38/h1-34H. The van der Waals surface area contributed by atoms with Crippen LogP contribution >= 0.6 is 11.3 Å². The highest BCUT2D eigenvalue weighted by Gasteiger charge is 2.21. The number of hydrogen-bond donors (Lipinski definition) is 0. The second-order valence-electron chi connectivity index (χ2n) is 14.3. The first-order valence-corrected chi connectivity index (χ1v) is 20.0. The number of benzene rings is 9. The van der Waals surface area contributed by atoms with Gasteiger partial charge in [0.05, 0.1) is 10.2 Å². The van der Waals surface area contributed by atoms with Gasteiger partial charge in [-0.05, 0) is 92.7 Å². The normalized spacial score (nSPS) is 11.5. The molecule has 0 N–H and O–H groups in total. The van der Waals surface area contributed by atoms with E-state index in [1.165, 1.54) is 33.0 Å². The Hall–Kier alpha value is -7.27. The van der Waals surface area contributed by atoms with E-state index in [4.69, 9.17) is 9.40 Å². The van der Waals surface area contributed by atoms with E-state index in [1.807, 2.05) is 6.07 Å². The van der Waals surface area contributed by atoms with Gasteiger partial charge in [-0.1, -0.05) is 152 Å². The van der Waals surface area contributed by atoms with Crippen LogP contribution in [0.4, 0.5) is 17.1 Å². The number of aromatic nitrogens is 1. The van der Waals surface area contributed by atoms with Crippen molar-refractivity contribution in [2.45, 2.75) is 0 Å². The Balaban J connectivity index is 1.12. The molecule has 0 unspecified atom stereocenters. The highest BCUT2D eigenvalue weighted by atomic mass is 32.1. The lowest BCUT2D eigenvalue weighted by atomic mass is 9.90. The van der Waals surface area contributed by atoms with Gasteiger partial charge in [0.25, 0.3) is 0 Å². The average molecular weight is 747 g/mol. The number of rotatable bonds is 7. The molecule has 4 heteroatoms. The molecule has 0 aliphatic rings. The monoisotopic (exact) mass is 746 g/mol. The van der Waals surface area contributed by atoms with Crippen LogP contribution in [0.5, 0.6) is 0 Å². The fourth-order valence-electron chi connectivity index (χ4n) is 8.20. The van der Waals surface area contributed by atoms with Gasteiger partial charge in [-0.3, -0.25) is 0 Å². The van der Waals surface area contributed by atoms with Crippen molar-refractivity contribution < 1.29 is 4.42 Å². The number of fused-ring (bicyclic) bond motifs is 6. The molecule has 9 aromatic carbocycles. The van der Waals surface area contributed by atoms with E-state index in [2.05, 4.69) is 205 Å². The highest BCUT2D eigenvalue weighted by Crippen LogP contribution is 2.45. The van der Waals surface area contributed by atoms with Crippen molar-refractivity contribution in [1.29, 1.82) is 0 Å². The molecule has 11 rings (SSSR count). The summed E-state index contributed by atoms with van der Waals surface area (Å²) in [6.07, 6.45) is 0. The zero-order valence-electron chi connectivity index (χ0n) is 30.8. The fourth-order valence-corrected chi connectivity index (χ4v) is 9.33. The van der Waals surface area contributed by atoms with Crippen LogP contribution in [0.3, 0.4) is 0 Å². The molecular formula is C53H34N2OS. The van der Waals surface area contributed by atoms with Gasteiger partial charge in [0.2, 0.25) is 0 Å². The van der Waals surface area contributed by atoms with Gasteiger partial charge in [-0.2, -0.15) is 0 Å². The number of nitrogens with zero attached hydrogens (tertiary/aromatic N) is 2. The van der Waals surface area contributed by atoms with Gasteiger partial charge in [0, 0.05) is 39.5 Å². The lowest BCUT2D eigenvalue weighted by Gasteiger charge is -2.27. The highest BCUT2D eigenvalue weighted by molar-refractivity contribution is 7.22. The van der Waals surface area contributed by atoms with E-state index in [1.54, 1.807) is 11.3 Å². The lowest BCUT2D eigenvalue weighted by molar-refractivity contribution is 0.669. The number of anilines is 3. The maximum atomic E-state index is 6.69. The zero-order valence-corrected chi connectivity index (χ0v) is 31.7. The number of thiazole rings is 1. The number of furan rings is 1. The maximum Gasteiger partial charge on any atom is 0.137 e. The Bertz CT molecular complexity index is 3230. The van der Waals surface area contributed by atoms with Crippen LogP contribution in [0.15, 0.2) is 211 Å². The summed E-state index contributed by atoms with van der Waals surface area (Å²) in [6, 6.07) is 73.4. The lowest BCUT2D eigenvalue weighted by Crippen LogP contribution is -2.10. The smallest absolute Gasteiger partial charge is 0.137 e. The van der Waals surface area contributed by atoms with Crippen LogP contribution in [-0.2, 0) is 0 Å². The molecule has 0 bridgehead atoms. The minimum atomic E-state index is 0.838. The van der Waals surface area contributed by atoms with Gasteiger partial charge < -0.3 is 9.32 Å². The zero-order chi connectivity index (χ0) is 37.7. The summed E-state index contributed by atoms with van der Waals surface area (Å²) in [5, 5.41) is 5.66. The van der Waals surface area contributed by atoms with Crippen molar-refractivity contribution in [3.63, 3.8) is 0 Å². The van der Waals surface area contributed by atoms with E-state index in [-0.39, 0.29) is 0 Å². The third kappa shape index (κ3) is 5.86. The Labute approximate surface area is 334 Å². The predicted molar refractivity (Wildman–Crippen MR) is 241 cm³/mol. The summed E-state index contributed by atoms with van der Waals surface area (Å²) < 4.78 is 7.83. The third-order valence-corrected chi connectivity index (χ3v) is 12.0. The summed E-state index contributed by atoms with van der Waals surface area (Å²) in [5.74, 6) is 0. The van der Waals surface area contributed by atoms with E-state index in [9.17, 15) is 0 Å². The van der Waals surface area contributed by atoms with Crippen molar-refractivity contribution in [3.05, 3.63) is 206 Å². The second-order valence-corrected chi connectivity index (χ2v) is 15.3. The maximum absolute atomic E-state index is 6.69. The Morgan fingerprint density at radius 3 is 1.88 bits per heavy atom. The van der Waals surface area contributed by atoms with Gasteiger partial charge in [0.15, 0.2) is 0 Å². The molecule has 11 aromatic rings. The molecule has 0 amide bonds. The second kappa shape index (κ2) is 13.8. The molecule has 0 atom stereocenters. The summed E-state index contributed by atoms with van der Waals surface area (Å²) in [7, 11) is 0. The predicted octanol–water partition coefficient (Wildman–Crippen LogP) is 15.5. The molecule has 0 fully saturated rings. The third-order valence-electron chi connectivity index (χ3n) is 10.9. The molecule has 0 saturated heterocycles. The van der Waals surface area contributed by atoms with Crippen LogP contribution in [0.25, 0.3) is 86.9 Å². The SMILES string of the molecule is c1ccc(-c2cccc(N(c3ccc(-c4cccc5ccccc45)c(-c4ccccc4)c3)c3ccc4c(c3)oc3ccc5nc(-c6ccccc6)sc5c34)c2)cc1. The largest absolute Gasteiger partial charge is 0.456 e. The molecular weight excluding hydrogens is 713 g/mol. The van der Waals surface area contributed by atoms with Gasteiger partial charge >= 0.3 is 0 Å². The van der Waals surface area contributed by atoms with Crippen molar-refractivity contribution >= 4 is 71.3 Å². The molecule has 0 radical (unpaired) electrons. The summed E-state index contributed by atoms with van der Waals surface area (Å²) in [4.78, 5) is 7.38. The molecule has 3 nitrogen and oxygen atoms in total. The molecule has 0 saturated carbocycles. The Morgan fingerprint density at radius 2 is 1.05 bits per heavy atom. The van der Waals surface area contributed by atoms with Crippen LogP contribution < -0.4 is 4.90 Å². The van der Waals surface area contributed by atoms with Gasteiger partial charge in [-0.15, -0.1) is 11.3 Å². The molecule has 2 heterocycles. The molecule has 57 heavy (non-hydrogen) atoms. The summed E-state index contributed by atoms with van der Waals surface area (Å²) in [5.41, 5.74) is 14.0. The first kappa shape index (κ1) is 33.1. The minimum absolute atomic E-state index is 0.838. The van der Waals surface area contributed by atoms with Crippen molar-refractivity contribution in [3.8, 4) is 44.0 Å². The Morgan fingerprint density at radius 1 is 0.404 bits per heavy atom. The molecule has 268 valence electrons. The average Bonchev–Trinajstić information content (AvgIpc) is 3.89. The molecule has 2 aromatic heterocycles. The summed E-state index contributed by atoms with van der Waals surface area (Å²) in [6.45, 7) is 0. The number of hydrogen-bond acceptors (Lipinski definition) is 4. The summed E-state index contributed by atoms with van der Waals surface area (Å²) >= 11 is 1.72. The van der Waals surface area contributed by atoms with Crippen molar-refractivity contribution in [2.75, 3.05) is 4.90 Å². The minimum Gasteiger partial charge on any atom is -0.456 e. The topological polar surface area (TPSA) is 29.3 Å². The van der Waals surface area contributed by atoms with Crippen LogP contribution in [-0.4, -0.2) is 4.98 Å². The molecule has 0 aliphatic heterocycles. The molecule has 0 aliphatic carbocycles. The quantitative estimate of drug-likeness (QED) is 0.163. The first-order valence-electron chi connectivity index (χ1n) is 19.2. The van der Waals surface area contributed by atoms with Gasteiger partial charge in [-0.25, -0.2) is 4.98 Å². The van der Waals surface area contributed by atoms with E-state index < -0.39 is 0 Å². The van der Waals surface area contributed by atoms with E-state index in [0.29, 0.717) is 0 Å². The fraction of sp³-hybridized carbons (Fsp3) is 0. The van der Waals surface area contributed by atoms with Gasteiger partial charge in [0.1, 0.15) is 16.2 Å².